The van der Waals surface area contributed by atoms with Crippen LogP contribution in [0.2, 0.25) is 0 Å². The highest BCUT2D eigenvalue weighted by Gasteiger charge is 2.35. The van der Waals surface area contributed by atoms with Gasteiger partial charge in [-0.25, -0.2) is 9.18 Å². The van der Waals surface area contributed by atoms with E-state index in [0.717, 1.165) is 32.0 Å². The highest BCUT2D eigenvalue weighted by molar-refractivity contribution is 5.89. The second kappa shape index (κ2) is 7.84. The van der Waals surface area contributed by atoms with E-state index in [-0.39, 0.29) is 23.7 Å². The number of amides is 3. The molecule has 2 heterocycles. The van der Waals surface area contributed by atoms with Gasteiger partial charge in [-0.15, -0.1) is 0 Å². The molecule has 1 aliphatic carbocycles. The lowest BCUT2D eigenvalue weighted by Crippen LogP contribution is -2.53. The van der Waals surface area contributed by atoms with Crippen LogP contribution in [0.1, 0.15) is 25.7 Å². The van der Waals surface area contributed by atoms with Crippen LogP contribution >= 0.6 is 0 Å². The standard InChI is InChI=1S/C20H27FN4O2/c21-16-1-3-17(4-2-16)22-20(27)25-13-11-24(12-14-25)19(26)15-7-9-23(10-8-15)18-5-6-18/h1-4,15,18H,5-14H2,(H,22,27). The van der Waals surface area contributed by atoms with Crippen molar-refractivity contribution in [2.75, 3.05) is 44.6 Å². The molecule has 6 nitrogen and oxygen atoms in total. The number of nitrogens with zero attached hydrogens (tertiary/aromatic N) is 3. The SMILES string of the molecule is O=C(Nc1ccc(F)cc1)N1CCN(C(=O)C2CCN(C3CC3)CC2)CC1. The molecule has 0 radical (unpaired) electrons. The van der Waals surface area contributed by atoms with Gasteiger partial charge in [0.2, 0.25) is 5.91 Å². The predicted molar refractivity (Wildman–Crippen MR) is 101 cm³/mol. The van der Waals surface area contributed by atoms with Crippen molar-refractivity contribution in [1.29, 1.82) is 0 Å². The van der Waals surface area contributed by atoms with Crippen LogP contribution in [0.5, 0.6) is 0 Å². The summed E-state index contributed by atoms with van der Waals surface area (Å²) in [6.07, 6.45) is 4.56. The molecule has 0 aromatic heterocycles. The van der Waals surface area contributed by atoms with E-state index in [9.17, 15) is 14.0 Å². The maximum Gasteiger partial charge on any atom is 0.321 e. The largest absolute Gasteiger partial charge is 0.339 e. The van der Waals surface area contributed by atoms with Crippen molar-refractivity contribution >= 4 is 17.6 Å². The molecular weight excluding hydrogens is 347 g/mol. The number of carbonyl (C=O) groups is 2. The van der Waals surface area contributed by atoms with Gasteiger partial charge in [0.05, 0.1) is 0 Å². The summed E-state index contributed by atoms with van der Waals surface area (Å²) in [5.41, 5.74) is 0.572. The number of halogens is 1. The zero-order valence-corrected chi connectivity index (χ0v) is 15.6. The van der Waals surface area contributed by atoms with Gasteiger partial charge in [0.15, 0.2) is 0 Å². The molecule has 3 aliphatic rings. The number of urea groups is 1. The van der Waals surface area contributed by atoms with E-state index in [0.29, 0.717) is 31.9 Å². The van der Waals surface area contributed by atoms with Crippen molar-refractivity contribution < 1.29 is 14.0 Å². The predicted octanol–water partition coefficient (Wildman–Crippen LogP) is 2.38. The molecule has 0 bridgehead atoms. The van der Waals surface area contributed by atoms with Crippen molar-refractivity contribution in [3.05, 3.63) is 30.1 Å². The number of anilines is 1. The smallest absolute Gasteiger partial charge is 0.321 e. The van der Waals surface area contributed by atoms with Gasteiger partial charge in [0.25, 0.3) is 0 Å². The summed E-state index contributed by atoms with van der Waals surface area (Å²) in [4.78, 5) is 31.3. The van der Waals surface area contributed by atoms with Crippen LogP contribution in [0, 0.1) is 11.7 Å². The van der Waals surface area contributed by atoms with Crippen LogP contribution in [-0.2, 0) is 4.79 Å². The Morgan fingerprint density at radius 3 is 2.04 bits per heavy atom. The average Bonchev–Trinajstić information content (AvgIpc) is 3.55. The molecule has 146 valence electrons. The highest BCUT2D eigenvalue weighted by Crippen LogP contribution is 2.31. The van der Waals surface area contributed by atoms with E-state index in [1.54, 1.807) is 17.0 Å². The van der Waals surface area contributed by atoms with E-state index in [4.69, 9.17) is 0 Å². The van der Waals surface area contributed by atoms with E-state index < -0.39 is 0 Å². The minimum Gasteiger partial charge on any atom is -0.339 e. The van der Waals surface area contributed by atoms with Gasteiger partial charge >= 0.3 is 6.03 Å². The molecule has 0 unspecified atom stereocenters. The summed E-state index contributed by atoms with van der Waals surface area (Å²) in [5, 5.41) is 2.78. The van der Waals surface area contributed by atoms with Crippen LogP contribution in [0.15, 0.2) is 24.3 Å². The minimum absolute atomic E-state index is 0.139. The molecule has 0 atom stereocenters. The molecule has 4 rings (SSSR count). The highest BCUT2D eigenvalue weighted by atomic mass is 19.1. The fourth-order valence-electron chi connectivity index (χ4n) is 4.08. The van der Waals surface area contributed by atoms with Crippen LogP contribution < -0.4 is 5.32 Å². The van der Waals surface area contributed by atoms with Crippen LogP contribution in [0.25, 0.3) is 0 Å². The Morgan fingerprint density at radius 2 is 1.44 bits per heavy atom. The number of rotatable bonds is 3. The Labute approximate surface area is 159 Å². The first kappa shape index (κ1) is 18.2. The number of piperazine rings is 1. The first-order valence-corrected chi connectivity index (χ1v) is 9.94. The molecule has 2 aliphatic heterocycles. The minimum atomic E-state index is -0.330. The van der Waals surface area contributed by atoms with Crippen molar-refractivity contribution in [3.8, 4) is 0 Å². The zero-order valence-electron chi connectivity index (χ0n) is 15.6. The van der Waals surface area contributed by atoms with Gasteiger partial charge < -0.3 is 20.0 Å². The number of hydrogen-bond acceptors (Lipinski definition) is 3. The monoisotopic (exact) mass is 374 g/mol. The number of likely N-dealkylation sites (tertiary alicyclic amines) is 1. The van der Waals surface area contributed by atoms with Gasteiger partial charge in [-0.05, 0) is 63.0 Å². The normalized spacial score (nSPS) is 22.0. The molecule has 7 heteroatoms. The number of benzene rings is 1. The van der Waals surface area contributed by atoms with E-state index in [2.05, 4.69) is 10.2 Å². The number of hydrogen-bond donors (Lipinski definition) is 1. The maximum atomic E-state index is 13.0. The summed E-state index contributed by atoms with van der Waals surface area (Å²) in [5.74, 6) is 0.0618. The molecule has 1 N–H and O–H groups in total. The molecule has 3 amide bonds. The summed E-state index contributed by atoms with van der Waals surface area (Å²) in [6, 6.07) is 6.31. The first-order chi connectivity index (χ1) is 13.1. The lowest BCUT2D eigenvalue weighted by molar-refractivity contribution is -0.138. The van der Waals surface area contributed by atoms with Crippen LogP contribution in [0.3, 0.4) is 0 Å². The third-order valence-corrected chi connectivity index (χ3v) is 5.92. The Hall–Kier alpha value is -2.15. The van der Waals surface area contributed by atoms with Crippen molar-refractivity contribution in [2.24, 2.45) is 5.92 Å². The van der Waals surface area contributed by atoms with Gasteiger partial charge in [0.1, 0.15) is 5.82 Å². The second-order valence-corrected chi connectivity index (χ2v) is 7.79. The Kier molecular flexibility index (Phi) is 5.29. The van der Waals surface area contributed by atoms with E-state index in [1.165, 1.54) is 25.0 Å². The lowest BCUT2D eigenvalue weighted by Gasteiger charge is -2.38. The van der Waals surface area contributed by atoms with E-state index in [1.807, 2.05) is 4.90 Å². The zero-order chi connectivity index (χ0) is 18.8. The molecule has 3 fully saturated rings. The van der Waals surface area contributed by atoms with Gasteiger partial charge in [-0.1, -0.05) is 0 Å². The van der Waals surface area contributed by atoms with Crippen molar-refractivity contribution in [1.82, 2.24) is 14.7 Å². The molecule has 27 heavy (non-hydrogen) atoms. The molecule has 0 spiro atoms. The summed E-state index contributed by atoms with van der Waals surface area (Å²) in [6.45, 7) is 4.30. The number of piperidine rings is 1. The van der Waals surface area contributed by atoms with Crippen LogP contribution in [0.4, 0.5) is 14.9 Å². The fraction of sp³-hybridized carbons (Fsp3) is 0.600. The molecule has 1 aromatic carbocycles. The average molecular weight is 374 g/mol. The topological polar surface area (TPSA) is 55.9 Å². The van der Waals surface area contributed by atoms with Gasteiger partial charge in [-0.3, -0.25) is 4.79 Å². The Morgan fingerprint density at radius 1 is 0.852 bits per heavy atom. The van der Waals surface area contributed by atoms with Crippen molar-refractivity contribution in [2.45, 2.75) is 31.7 Å². The third kappa shape index (κ3) is 4.40. The molecular formula is C20H27FN4O2. The molecule has 1 aromatic rings. The number of nitrogens with one attached hydrogen (secondary N) is 1. The molecule has 1 saturated carbocycles. The summed E-state index contributed by atoms with van der Waals surface area (Å²) in [7, 11) is 0. The lowest BCUT2D eigenvalue weighted by atomic mass is 9.95. The van der Waals surface area contributed by atoms with Crippen LogP contribution in [-0.4, -0.2) is 71.9 Å². The van der Waals surface area contributed by atoms with E-state index >= 15 is 0 Å². The second-order valence-electron chi connectivity index (χ2n) is 7.79. The van der Waals surface area contributed by atoms with Gasteiger partial charge in [0, 0.05) is 43.8 Å². The third-order valence-electron chi connectivity index (χ3n) is 5.92. The first-order valence-electron chi connectivity index (χ1n) is 9.94. The summed E-state index contributed by atoms with van der Waals surface area (Å²) < 4.78 is 13.0. The Bertz CT molecular complexity index is 676. The molecule has 2 saturated heterocycles. The van der Waals surface area contributed by atoms with Gasteiger partial charge in [-0.2, -0.15) is 0 Å². The van der Waals surface area contributed by atoms with Crippen molar-refractivity contribution in [3.63, 3.8) is 0 Å². The summed E-state index contributed by atoms with van der Waals surface area (Å²) >= 11 is 0. The maximum absolute atomic E-state index is 13.0. The number of carbonyl (C=O) groups excluding carboxylic acids is 2. The Balaban J connectivity index is 1.22. The quantitative estimate of drug-likeness (QED) is 0.884. The fourth-order valence-corrected chi connectivity index (χ4v) is 4.08.